The molecule has 0 fully saturated rings. The van der Waals surface area contributed by atoms with E-state index in [2.05, 4.69) is 29.7 Å². The van der Waals surface area contributed by atoms with Crippen LogP contribution in [-0.4, -0.2) is 29.7 Å². The highest BCUT2D eigenvalue weighted by atomic mass is 19.1. The Balaban J connectivity index is 1.67. The third-order valence-electron chi connectivity index (χ3n) is 4.99. The number of hydrogen-bond acceptors (Lipinski definition) is 4. The molecule has 2 aromatic carbocycles. The molecule has 0 saturated carbocycles. The molecule has 0 radical (unpaired) electrons. The third kappa shape index (κ3) is 6.73. The quantitative estimate of drug-likeness (QED) is 0.461. The van der Waals surface area contributed by atoms with Crippen LogP contribution in [-0.2, 0) is 19.4 Å². The normalized spacial score (nSPS) is 13.0. The van der Waals surface area contributed by atoms with E-state index in [9.17, 15) is 18.7 Å². The minimum Gasteiger partial charge on any atom is -0.459 e. The summed E-state index contributed by atoms with van der Waals surface area (Å²) in [7, 11) is 0. The molecular weight excluding hydrogens is 402 g/mol. The van der Waals surface area contributed by atoms with E-state index < -0.39 is 29.7 Å². The van der Waals surface area contributed by atoms with E-state index in [0.717, 1.165) is 18.1 Å². The van der Waals surface area contributed by atoms with Gasteiger partial charge >= 0.3 is 0 Å². The van der Waals surface area contributed by atoms with Crippen LogP contribution >= 0.6 is 0 Å². The standard InChI is InChI=1S/C24H26F2N2O3/c1-2-16-5-3-6-17(9-16)14-27-15-22(29)21(28-24(30)23-7-4-8-31-23)12-18-10-19(25)13-20(26)11-18/h3-11,13,21-22,27,29H,2,12,14-15H2,1H3,(H,28,30)/t21-,22+/m1/s1. The van der Waals surface area contributed by atoms with Gasteiger partial charge in [-0.05, 0) is 53.8 Å². The molecule has 0 saturated heterocycles. The molecule has 3 aromatic rings. The predicted octanol–water partition coefficient (Wildman–Crippen LogP) is 3.61. The zero-order valence-corrected chi connectivity index (χ0v) is 17.3. The molecule has 3 N–H and O–H groups in total. The van der Waals surface area contributed by atoms with Crippen LogP contribution in [0.25, 0.3) is 0 Å². The number of aliphatic hydroxyl groups excluding tert-OH is 1. The van der Waals surface area contributed by atoms with Crippen molar-refractivity contribution >= 4 is 5.91 Å². The first kappa shape index (κ1) is 22.7. The first-order valence-corrected chi connectivity index (χ1v) is 10.2. The predicted molar refractivity (Wildman–Crippen MR) is 114 cm³/mol. The smallest absolute Gasteiger partial charge is 0.287 e. The van der Waals surface area contributed by atoms with Crippen molar-refractivity contribution in [1.82, 2.24) is 10.6 Å². The van der Waals surface area contributed by atoms with Crippen LogP contribution in [0.1, 0.15) is 34.2 Å². The van der Waals surface area contributed by atoms with E-state index in [0.29, 0.717) is 12.1 Å². The lowest BCUT2D eigenvalue weighted by atomic mass is 10.0. The number of carbonyl (C=O) groups is 1. The van der Waals surface area contributed by atoms with Crippen LogP contribution in [0.2, 0.25) is 0 Å². The number of aryl methyl sites for hydroxylation is 1. The number of halogens is 2. The van der Waals surface area contributed by atoms with Gasteiger partial charge in [0.25, 0.3) is 5.91 Å². The molecule has 0 aliphatic carbocycles. The van der Waals surface area contributed by atoms with E-state index in [1.165, 1.54) is 30.0 Å². The number of rotatable bonds is 10. The van der Waals surface area contributed by atoms with Gasteiger partial charge in [-0.1, -0.05) is 31.2 Å². The van der Waals surface area contributed by atoms with Gasteiger partial charge in [0.1, 0.15) is 11.6 Å². The number of aliphatic hydroxyl groups is 1. The zero-order valence-electron chi connectivity index (χ0n) is 17.3. The molecule has 164 valence electrons. The number of benzene rings is 2. The summed E-state index contributed by atoms with van der Waals surface area (Å²) < 4.78 is 32.3. The maximum atomic E-state index is 13.6. The monoisotopic (exact) mass is 428 g/mol. The van der Waals surface area contributed by atoms with Crippen molar-refractivity contribution in [3.05, 3.63) is 94.9 Å². The van der Waals surface area contributed by atoms with Crippen molar-refractivity contribution in [3.8, 4) is 0 Å². The van der Waals surface area contributed by atoms with Gasteiger partial charge in [0, 0.05) is 19.2 Å². The molecule has 2 atom stereocenters. The van der Waals surface area contributed by atoms with Crippen LogP contribution in [0.15, 0.2) is 65.3 Å². The Morgan fingerprint density at radius 1 is 1.03 bits per heavy atom. The molecule has 0 spiro atoms. The van der Waals surface area contributed by atoms with Crippen LogP contribution in [0.4, 0.5) is 8.78 Å². The average Bonchev–Trinajstić information content (AvgIpc) is 3.28. The first-order chi connectivity index (χ1) is 14.9. The largest absolute Gasteiger partial charge is 0.459 e. The summed E-state index contributed by atoms with van der Waals surface area (Å²) in [5.74, 6) is -1.85. The summed E-state index contributed by atoms with van der Waals surface area (Å²) in [6.45, 7) is 2.80. The highest BCUT2D eigenvalue weighted by molar-refractivity contribution is 5.91. The molecule has 0 aliphatic rings. The fourth-order valence-electron chi connectivity index (χ4n) is 3.38. The van der Waals surface area contributed by atoms with E-state index in [1.807, 2.05) is 12.1 Å². The van der Waals surface area contributed by atoms with E-state index in [1.54, 1.807) is 6.07 Å². The van der Waals surface area contributed by atoms with E-state index in [4.69, 9.17) is 4.42 Å². The summed E-state index contributed by atoms with van der Waals surface area (Å²) >= 11 is 0. The van der Waals surface area contributed by atoms with E-state index >= 15 is 0 Å². The number of hydrogen-bond donors (Lipinski definition) is 3. The molecule has 1 heterocycles. The minimum atomic E-state index is -1.00. The second kappa shape index (κ2) is 10.8. The van der Waals surface area contributed by atoms with Crippen molar-refractivity contribution < 1.29 is 23.1 Å². The third-order valence-corrected chi connectivity index (χ3v) is 4.99. The second-order valence-electron chi connectivity index (χ2n) is 7.41. The molecule has 0 unspecified atom stereocenters. The van der Waals surface area contributed by atoms with Gasteiger partial charge < -0.3 is 20.2 Å². The minimum absolute atomic E-state index is 0.0509. The van der Waals surface area contributed by atoms with Gasteiger partial charge in [-0.2, -0.15) is 0 Å². The Kier molecular flexibility index (Phi) is 7.92. The molecule has 0 aliphatic heterocycles. The zero-order chi connectivity index (χ0) is 22.2. The van der Waals surface area contributed by atoms with Gasteiger partial charge in [-0.15, -0.1) is 0 Å². The molecule has 7 heteroatoms. The Morgan fingerprint density at radius 2 is 1.77 bits per heavy atom. The van der Waals surface area contributed by atoms with Crippen LogP contribution < -0.4 is 10.6 Å². The van der Waals surface area contributed by atoms with Crippen molar-refractivity contribution in [1.29, 1.82) is 0 Å². The number of amides is 1. The molecule has 1 amide bonds. The highest BCUT2D eigenvalue weighted by Gasteiger charge is 2.24. The van der Waals surface area contributed by atoms with Crippen LogP contribution in [0, 0.1) is 11.6 Å². The Bertz CT molecular complexity index is 972. The topological polar surface area (TPSA) is 74.5 Å². The number of nitrogens with one attached hydrogen (secondary N) is 2. The maximum absolute atomic E-state index is 13.6. The van der Waals surface area contributed by atoms with Gasteiger partial charge in [-0.25, -0.2) is 8.78 Å². The Labute approximate surface area is 180 Å². The molecule has 31 heavy (non-hydrogen) atoms. The molecule has 5 nitrogen and oxygen atoms in total. The van der Waals surface area contributed by atoms with Crippen LogP contribution in [0.5, 0.6) is 0 Å². The highest BCUT2D eigenvalue weighted by Crippen LogP contribution is 2.13. The summed E-state index contributed by atoms with van der Waals surface area (Å²) in [5.41, 5.74) is 2.63. The lowest BCUT2D eigenvalue weighted by molar-refractivity contribution is 0.0805. The molecule has 3 rings (SSSR count). The number of carbonyl (C=O) groups excluding carboxylic acids is 1. The molecule has 0 bridgehead atoms. The van der Waals surface area contributed by atoms with Gasteiger partial charge in [0.2, 0.25) is 0 Å². The fourth-order valence-corrected chi connectivity index (χ4v) is 3.38. The first-order valence-electron chi connectivity index (χ1n) is 10.2. The van der Waals surface area contributed by atoms with Gasteiger partial charge in [0.15, 0.2) is 5.76 Å². The van der Waals surface area contributed by atoms with Crippen LogP contribution in [0.3, 0.4) is 0 Å². The lowest BCUT2D eigenvalue weighted by Gasteiger charge is -2.24. The van der Waals surface area contributed by atoms with Crippen molar-refractivity contribution in [2.75, 3.05) is 6.54 Å². The summed E-state index contributed by atoms with van der Waals surface area (Å²) in [4.78, 5) is 12.4. The number of furan rings is 1. The molecular formula is C24H26F2N2O3. The summed E-state index contributed by atoms with van der Waals surface area (Å²) in [6, 6.07) is 13.6. The van der Waals surface area contributed by atoms with Gasteiger partial charge in [0.05, 0.1) is 18.4 Å². The Hall–Kier alpha value is -3.03. The van der Waals surface area contributed by atoms with E-state index in [-0.39, 0.29) is 18.7 Å². The van der Waals surface area contributed by atoms with Crippen molar-refractivity contribution in [2.24, 2.45) is 0 Å². The fraction of sp³-hybridized carbons (Fsp3) is 0.292. The SMILES string of the molecule is CCc1cccc(CNC[C@H](O)[C@@H](Cc2cc(F)cc(F)c2)NC(=O)c2ccco2)c1. The lowest BCUT2D eigenvalue weighted by Crippen LogP contribution is -2.48. The van der Waals surface area contributed by atoms with Crippen molar-refractivity contribution in [3.63, 3.8) is 0 Å². The molecule has 1 aromatic heterocycles. The van der Waals surface area contributed by atoms with Crippen molar-refractivity contribution in [2.45, 2.75) is 38.5 Å². The Morgan fingerprint density at radius 3 is 2.45 bits per heavy atom. The summed E-state index contributed by atoms with van der Waals surface area (Å²) in [5, 5.41) is 16.6. The van der Waals surface area contributed by atoms with Gasteiger partial charge in [-0.3, -0.25) is 4.79 Å². The second-order valence-corrected chi connectivity index (χ2v) is 7.41. The maximum Gasteiger partial charge on any atom is 0.287 e. The summed E-state index contributed by atoms with van der Waals surface area (Å²) in [6.07, 6.45) is 1.35. The average molecular weight is 428 g/mol.